The summed E-state index contributed by atoms with van der Waals surface area (Å²) in [6, 6.07) is 15.0. The maximum absolute atomic E-state index is 6.23. The number of methoxy groups -OCH3 is 1. The van der Waals surface area contributed by atoms with Gasteiger partial charge in [-0.25, -0.2) is 0 Å². The van der Waals surface area contributed by atoms with Crippen LogP contribution in [0, 0.1) is 5.92 Å². The molecule has 3 unspecified atom stereocenters. The number of hydrogen-bond acceptors (Lipinski definition) is 3. The van der Waals surface area contributed by atoms with Gasteiger partial charge in [0.05, 0.1) is 12.8 Å². The highest BCUT2D eigenvalue weighted by Crippen LogP contribution is 2.47. The molecule has 31 heavy (non-hydrogen) atoms. The molecule has 1 saturated carbocycles. The summed E-state index contributed by atoms with van der Waals surface area (Å²) >= 11 is 12.4. The maximum atomic E-state index is 6.23. The van der Waals surface area contributed by atoms with Crippen LogP contribution < -0.4 is 9.64 Å². The van der Waals surface area contributed by atoms with Crippen molar-refractivity contribution in [2.45, 2.75) is 58.5 Å². The molecular weight excluding hydrogens is 427 g/mol. The number of rotatable bonds is 8. The second-order valence-electron chi connectivity index (χ2n) is 8.60. The molecule has 2 aromatic carbocycles. The van der Waals surface area contributed by atoms with Gasteiger partial charge in [-0.3, -0.25) is 4.90 Å². The molecule has 1 aliphatic carbocycles. The zero-order valence-corrected chi connectivity index (χ0v) is 21.0. The predicted octanol–water partition coefficient (Wildman–Crippen LogP) is 7.25. The Morgan fingerprint density at radius 2 is 1.61 bits per heavy atom. The summed E-state index contributed by atoms with van der Waals surface area (Å²) in [6.45, 7) is 12.2. The topological polar surface area (TPSA) is 15.7 Å². The Labute approximate surface area is 198 Å². The normalized spacial score (nSPS) is 23.7. The lowest BCUT2D eigenvalue weighted by molar-refractivity contribution is 0.0287. The molecule has 0 bridgehead atoms. The summed E-state index contributed by atoms with van der Waals surface area (Å²) in [7, 11) is 1.72. The summed E-state index contributed by atoms with van der Waals surface area (Å²) in [4.78, 5) is 5.15. The summed E-state index contributed by atoms with van der Waals surface area (Å²) < 4.78 is 5.68. The van der Waals surface area contributed by atoms with Gasteiger partial charge in [0.25, 0.3) is 0 Å². The quantitative estimate of drug-likeness (QED) is 0.410. The molecule has 0 amide bonds. The van der Waals surface area contributed by atoms with E-state index >= 15 is 0 Å². The lowest BCUT2D eigenvalue weighted by Gasteiger charge is -2.52. The Balaban J connectivity index is 1.94. The Kier molecular flexibility index (Phi) is 8.18. The molecule has 0 aromatic heterocycles. The first-order valence-corrected chi connectivity index (χ1v) is 12.3. The number of benzene rings is 2. The lowest BCUT2D eigenvalue weighted by Crippen LogP contribution is -2.54. The summed E-state index contributed by atoms with van der Waals surface area (Å²) in [5.74, 6) is 1.37. The van der Waals surface area contributed by atoms with Crippen molar-refractivity contribution in [3.05, 3.63) is 58.1 Å². The fourth-order valence-electron chi connectivity index (χ4n) is 5.70. The first kappa shape index (κ1) is 24.2. The molecule has 3 nitrogen and oxygen atoms in total. The second-order valence-corrected chi connectivity index (χ2v) is 9.47. The van der Waals surface area contributed by atoms with Crippen LogP contribution in [0.5, 0.6) is 5.75 Å². The van der Waals surface area contributed by atoms with E-state index in [1.54, 1.807) is 7.11 Å². The Morgan fingerprint density at radius 3 is 2.16 bits per heavy atom. The molecule has 3 atom stereocenters. The minimum absolute atomic E-state index is 0.0491. The van der Waals surface area contributed by atoms with E-state index in [1.165, 1.54) is 5.56 Å². The summed E-state index contributed by atoms with van der Waals surface area (Å²) in [6.07, 6.45) is 3.37. The molecule has 0 spiro atoms. The fourth-order valence-corrected chi connectivity index (χ4v) is 5.99. The van der Waals surface area contributed by atoms with E-state index in [9.17, 15) is 0 Å². The van der Waals surface area contributed by atoms with E-state index in [-0.39, 0.29) is 5.54 Å². The van der Waals surface area contributed by atoms with Crippen molar-refractivity contribution in [1.82, 2.24) is 4.90 Å². The number of ether oxygens (including phenoxy) is 1. The van der Waals surface area contributed by atoms with E-state index in [0.29, 0.717) is 17.0 Å². The molecule has 1 fully saturated rings. The zero-order valence-electron chi connectivity index (χ0n) is 19.5. The Morgan fingerprint density at radius 1 is 0.968 bits per heavy atom. The molecule has 2 aromatic rings. The second kappa shape index (κ2) is 10.5. The Bertz CT molecular complexity index is 853. The van der Waals surface area contributed by atoms with Crippen LogP contribution in [0.2, 0.25) is 10.0 Å². The monoisotopic (exact) mass is 462 g/mol. The molecule has 1 aliphatic rings. The van der Waals surface area contributed by atoms with E-state index < -0.39 is 0 Å². The lowest BCUT2D eigenvalue weighted by atomic mass is 9.68. The maximum Gasteiger partial charge on any atom is 0.143 e. The van der Waals surface area contributed by atoms with Crippen LogP contribution in [0.3, 0.4) is 0 Å². The first-order chi connectivity index (χ1) is 14.9. The van der Waals surface area contributed by atoms with E-state index in [1.807, 2.05) is 24.3 Å². The van der Waals surface area contributed by atoms with E-state index in [2.05, 4.69) is 55.7 Å². The molecule has 0 aliphatic heterocycles. The average Bonchev–Trinajstić information content (AvgIpc) is 2.77. The average molecular weight is 463 g/mol. The molecule has 0 N–H and O–H groups in total. The number of halogens is 2. The van der Waals surface area contributed by atoms with Crippen molar-refractivity contribution in [3.63, 3.8) is 0 Å². The molecule has 170 valence electrons. The van der Waals surface area contributed by atoms with Crippen molar-refractivity contribution in [2.75, 3.05) is 31.6 Å². The highest BCUT2D eigenvalue weighted by molar-refractivity contribution is 6.31. The SMILES string of the molecule is CCN(c1ccc(Cl)cc1OC)C1CCC(c2ccc(Cl)cc2)(N(CC)CC)CC1C. The van der Waals surface area contributed by atoms with Crippen molar-refractivity contribution >= 4 is 28.9 Å². The molecule has 3 rings (SSSR count). The predicted molar refractivity (Wildman–Crippen MR) is 134 cm³/mol. The van der Waals surface area contributed by atoms with Gasteiger partial charge in [0.1, 0.15) is 5.75 Å². The smallest absolute Gasteiger partial charge is 0.143 e. The van der Waals surface area contributed by atoms with Crippen LogP contribution in [0.4, 0.5) is 5.69 Å². The van der Waals surface area contributed by atoms with Crippen LogP contribution in [0.25, 0.3) is 0 Å². The van der Waals surface area contributed by atoms with Gasteiger partial charge in [0, 0.05) is 34.2 Å². The molecule has 0 saturated heterocycles. The van der Waals surface area contributed by atoms with Gasteiger partial charge in [-0.2, -0.15) is 0 Å². The van der Waals surface area contributed by atoms with Crippen molar-refractivity contribution in [3.8, 4) is 5.75 Å². The van der Waals surface area contributed by atoms with E-state index in [4.69, 9.17) is 27.9 Å². The van der Waals surface area contributed by atoms with Gasteiger partial charge in [0.2, 0.25) is 0 Å². The highest BCUT2D eigenvalue weighted by Gasteiger charge is 2.45. The first-order valence-electron chi connectivity index (χ1n) is 11.5. The third-order valence-electron chi connectivity index (χ3n) is 7.11. The van der Waals surface area contributed by atoms with Crippen LogP contribution in [0.15, 0.2) is 42.5 Å². The summed E-state index contributed by atoms with van der Waals surface area (Å²) in [5, 5.41) is 1.50. The van der Waals surface area contributed by atoms with Crippen molar-refractivity contribution in [1.29, 1.82) is 0 Å². The van der Waals surface area contributed by atoms with Crippen LogP contribution in [-0.2, 0) is 5.54 Å². The molecular formula is C26H36Cl2N2O. The van der Waals surface area contributed by atoms with Gasteiger partial charge in [-0.1, -0.05) is 56.1 Å². The van der Waals surface area contributed by atoms with Crippen molar-refractivity contribution < 1.29 is 4.74 Å². The third-order valence-corrected chi connectivity index (χ3v) is 7.60. The van der Waals surface area contributed by atoms with Crippen LogP contribution in [0.1, 0.15) is 52.5 Å². The standard InChI is InChI=1S/C26H36Cl2N2O/c1-6-29(7-2)26(20-9-11-21(27)12-10-20)16-15-23(19(4)18-26)30(8-3)24-14-13-22(28)17-25(24)31-5/h9-14,17,19,23H,6-8,15-16,18H2,1-5H3. The number of nitrogens with zero attached hydrogens (tertiary/aromatic N) is 2. The van der Waals surface area contributed by atoms with Gasteiger partial charge in [0.15, 0.2) is 0 Å². The Hall–Kier alpha value is -1.42. The number of hydrogen-bond donors (Lipinski definition) is 0. The van der Waals surface area contributed by atoms with Crippen LogP contribution >= 0.6 is 23.2 Å². The molecule has 0 heterocycles. The fraction of sp³-hybridized carbons (Fsp3) is 0.538. The van der Waals surface area contributed by atoms with Crippen molar-refractivity contribution in [2.24, 2.45) is 5.92 Å². The number of anilines is 1. The van der Waals surface area contributed by atoms with Crippen LogP contribution in [-0.4, -0.2) is 37.7 Å². The largest absolute Gasteiger partial charge is 0.495 e. The van der Waals surface area contributed by atoms with Gasteiger partial charge >= 0.3 is 0 Å². The zero-order chi connectivity index (χ0) is 22.6. The highest BCUT2D eigenvalue weighted by atomic mass is 35.5. The van der Waals surface area contributed by atoms with Gasteiger partial charge < -0.3 is 9.64 Å². The molecule has 0 radical (unpaired) electrons. The minimum Gasteiger partial charge on any atom is -0.495 e. The third kappa shape index (κ3) is 4.84. The minimum atomic E-state index is 0.0491. The summed E-state index contributed by atoms with van der Waals surface area (Å²) in [5.41, 5.74) is 2.57. The van der Waals surface area contributed by atoms with Gasteiger partial charge in [-0.05, 0) is 75.0 Å². The molecule has 5 heteroatoms. The van der Waals surface area contributed by atoms with E-state index in [0.717, 1.165) is 55.4 Å². The van der Waals surface area contributed by atoms with Gasteiger partial charge in [-0.15, -0.1) is 0 Å².